The summed E-state index contributed by atoms with van der Waals surface area (Å²) in [5.41, 5.74) is 2.14. The minimum Gasteiger partial charge on any atom is -0.337 e. The molecule has 1 amide bonds. The second-order valence-corrected chi connectivity index (χ2v) is 8.97. The van der Waals surface area contributed by atoms with E-state index in [1.165, 1.54) is 4.90 Å². The highest BCUT2D eigenvalue weighted by molar-refractivity contribution is 6.00. The molecule has 10 heteroatoms. The molecule has 0 aliphatic carbocycles. The van der Waals surface area contributed by atoms with Crippen molar-refractivity contribution in [1.29, 1.82) is 0 Å². The van der Waals surface area contributed by atoms with Crippen molar-refractivity contribution in [3.63, 3.8) is 0 Å². The highest BCUT2D eigenvalue weighted by Gasteiger charge is 2.36. The van der Waals surface area contributed by atoms with Crippen LogP contribution in [0, 0.1) is 13.8 Å². The van der Waals surface area contributed by atoms with Crippen molar-refractivity contribution >= 4 is 22.3 Å². The summed E-state index contributed by atoms with van der Waals surface area (Å²) in [5, 5.41) is 10.0. The molecule has 37 heavy (non-hydrogen) atoms. The molecule has 0 saturated heterocycles. The number of carbonyl (C=O) groups excluding carboxylic acids is 1. The summed E-state index contributed by atoms with van der Waals surface area (Å²) in [7, 11) is 1.60. The van der Waals surface area contributed by atoms with Gasteiger partial charge >= 0.3 is 6.18 Å². The fourth-order valence-electron chi connectivity index (χ4n) is 4.69. The molecule has 0 radical (unpaired) electrons. The van der Waals surface area contributed by atoms with Crippen molar-refractivity contribution in [3.8, 4) is 11.3 Å². The summed E-state index contributed by atoms with van der Waals surface area (Å²) in [6, 6.07) is 13.8. The molecule has 0 aliphatic heterocycles. The van der Waals surface area contributed by atoms with Gasteiger partial charge in [0.15, 0.2) is 11.3 Å². The molecule has 3 aromatic heterocycles. The lowest BCUT2D eigenvalue weighted by Crippen LogP contribution is -2.27. The summed E-state index contributed by atoms with van der Waals surface area (Å²) in [6.45, 7) is 6.73. The second kappa shape index (κ2) is 9.02. The monoisotopic (exact) mass is 506 g/mol. The maximum Gasteiger partial charge on any atom is 0.433 e. The number of alkyl halides is 3. The number of aryl methyl sites for hydroxylation is 2. The molecule has 0 atom stereocenters. The molecule has 0 aliphatic rings. The van der Waals surface area contributed by atoms with Crippen LogP contribution in [0.4, 0.5) is 13.2 Å². The molecule has 5 rings (SSSR count). The molecule has 0 unspecified atom stereocenters. The van der Waals surface area contributed by atoms with Crippen LogP contribution in [0.2, 0.25) is 0 Å². The Balaban J connectivity index is 1.63. The Morgan fingerprint density at radius 3 is 2.51 bits per heavy atom. The number of nitrogens with zero attached hydrogens (tertiary/aromatic N) is 6. The van der Waals surface area contributed by atoms with E-state index in [0.717, 1.165) is 40.0 Å². The van der Waals surface area contributed by atoms with E-state index in [-0.39, 0.29) is 23.4 Å². The van der Waals surface area contributed by atoms with Crippen molar-refractivity contribution in [2.75, 3.05) is 7.05 Å². The fourth-order valence-corrected chi connectivity index (χ4v) is 4.69. The SMILES string of the molecule is CCn1nc(C)c(CN(C)C(=O)c2cnn3c(C(F)(F)F)cc(-c4cccc5ccccc45)nc23)c1C. The van der Waals surface area contributed by atoms with Crippen molar-refractivity contribution in [1.82, 2.24) is 29.3 Å². The molecule has 0 bridgehead atoms. The van der Waals surface area contributed by atoms with Gasteiger partial charge in [-0.1, -0.05) is 42.5 Å². The van der Waals surface area contributed by atoms with Crippen LogP contribution >= 0.6 is 0 Å². The zero-order valence-electron chi connectivity index (χ0n) is 20.8. The van der Waals surface area contributed by atoms with Crippen LogP contribution in [-0.4, -0.2) is 42.2 Å². The van der Waals surface area contributed by atoms with E-state index >= 15 is 0 Å². The third kappa shape index (κ3) is 4.22. The molecule has 7 nitrogen and oxygen atoms in total. The van der Waals surface area contributed by atoms with Gasteiger partial charge in [0, 0.05) is 37.0 Å². The minimum atomic E-state index is -4.71. The van der Waals surface area contributed by atoms with Gasteiger partial charge in [-0.15, -0.1) is 0 Å². The topological polar surface area (TPSA) is 68.3 Å². The highest BCUT2D eigenvalue weighted by atomic mass is 19.4. The predicted octanol–water partition coefficient (Wildman–Crippen LogP) is 5.67. The summed E-state index contributed by atoms with van der Waals surface area (Å²) in [5.74, 6) is -0.478. The van der Waals surface area contributed by atoms with Gasteiger partial charge in [-0.3, -0.25) is 9.48 Å². The lowest BCUT2D eigenvalue weighted by Gasteiger charge is -2.17. The Hall–Kier alpha value is -4.21. The van der Waals surface area contributed by atoms with E-state index in [0.29, 0.717) is 16.6 Å². The van der Waals surface area contributed by atoms with Gasteiger partial charge in [-0.25, -0.2) is 9.50 Å². The third-order valence-electron chi connectivity index (χ3n) is 6.63. The van der Waals surface area contributed by atoms with Crippen molar-refractivity contribution < 1.29 is 18.0 Å². The van der Waals surface area contributed by atoms with E-state index < -0.39 is 17.8 Å². The van der Waals surface area contributed by atoms with Crippen molar-refractivity contribution in [2.24, 2.45) is 0 Å². The Morgan fingerprint density at radius 1 is 1.08 bits per heavy atom. The highest BCUT2D eigenvalue weighted by Crippen LogP contribution is 2.35. The normalized spacial score (nSPS) is 12.0. The van der Waals surface area contributed by atoms with Crippen LogP contribution in [0.1, 0.15) is 39.9 Å². The molecule has 3 heterocycles. The number of aromatic nitrogens is 5. The number of rotatable bonds is 5. The lowest BCUT2D eigenvalue weighted by atomic mass is 10.0. The maximum absolute atomic E-state index is 14.1. The van der Waals surface area contributed by atoms with Crippen LogP contribution in [0.25, 0.3) is 27.7 Å². The van der Waals surface area contributed by atoms with Gasteiger partial charge < -0.3 is 4.90 Å². The quantitative estimate of drug-likeness (QED) is 0.308. The van der Waals surface area contributed by atoms with E-state index in [9.17, 15) is 18.0 Å². The summed E-state index contributed by atoms with van der Waals surface area (Å²) >= 11 is 0. The largest absolute Gasteiger partial charge is 0.433 e. The number of halogens is 3. The first-order valence-electron chi connectivity index (χ1n) is 11.8. The van der Waals surface area contributed by atoms with Gasteiger partial charge in [-0.05, 0) is 37.6 Å². The van der Waals surface area contributed by atoms with E-state index in [2.05, 4.69) is 15.2 Å². The van der Waals surface area contributed by atoms with Crippen molar-refractivity contribution in [3.05, 3.63) is 82.9 Å². The summed E-state index contributed by atoms with van der Waals surface area (Å²) in [6.07, 6.45) is -3.56. The average Bonchev–Trinajstić information content (AvgIpc) is 3.42. The number of hydrogen-bond donors (Lipinski definition) is 0. The number of benzene rings is 2. The molecular formula is C27H25F3N6O. The maximum atomic E-state index is 14.1. The van der Waals surface area contributed by atoms with Gasteiger partial charge in [0.2, 0.25) is 0 Å². The average molecular weight is 507 g/mol. The minimum absolute atomic E-state index is 0.00623. The first kappa shape index (κ1) is 24.5. The molecule has 0 fully saturated rings. The zero-order valence-corrected chi connectivity index (χ0v) is 20.8. The Bertz CT molecular complexity index is 1640. The number of hydrogen-bond acceptors (Lipinski definition) is 4. The van der Waals surface area contributed by atoms with Crippen LogP contribution in [-0.2, 0) is 19.3 Å². The number of carbonyl (C=O) groups is 1. The van der Waals surface area contributed by atoms with Crippen LogP contribution < -0.4 is 0 Å². The van der Waals surface area contributed by atoms with Gasteiger partial charge in [-0.2, -0.15) is 23.4 Å². The standard InChI is InChI=1S/C27H25F3N6O/c1-5-35-17(3)22(16(2)33-35)15-34(4)26(37)21-14-31-36-24(27(28,29)30)13-23(32-25(21)36)20-12-8-10-18-9-6-7-11-19(18)20/h6-14H,5,15H2,1-4H3. The molecule has 190 valence electrons. The van der Waals surface area contributed by atoms with Crippen LogP contribution in [0.5, 0.6) is 0 Å². The Morgan fingerprint density at radius 2 is 1.81 bits per heavy atom. The predicted molar refractivity (Wildman–Crippen MR) is 134 cm³/mol. The zero-order chi connectivity index (χ0) is 26.5. The first-order chi connectivity index (χ1) is 17.6. The van der Waals surface area contributed by atoms with Gasteiger partial charge in [0.25, 0.3) is 5.91 Å². The second-order valence-electron chi connectivity index (χ2n) is 8.97. The third-order valence-corrected chi connectivity index (χ3v) is 6.63. The molecule has 2 aromatic carbocycles. The lowest BCUT2D eigenvalue weighted by molar-refractivity contribution is -0.142. The smallest absolute Gasteiger partial charge is 0.337 e. The molecule has 0 N–H and O–H groups in total. The Labute approximate surface area is 211 Å². The van der Waals surface area contributed by atoms with Gasteiger partial charge in [0.1, 0.15) is 5.56 Å². The fraction of sp³-hybridized carbons (Fsp3) is 0.259. The Kier molecular flexibility index (Phi) is 5.97. The van der Waals surface area contributed by atoms with Gasteiger partial charge in [0.05, 0.1) is 17.6 Å². The number of fused-ring (bicyclic) bond motifs is 2. The van der Waals surface area contributed by atoms with Crippen molar-refractivity contribution in [2.45, 2.75) is 40.0 Å². The molecule has 0 spiro atoms. The molecule has 0 saturated carbocycles. The first-order valence-corrected chi connectivity index (χ1v) is 11.8. The summed E-state index contributed by atoms with van der Waals surface area (Å²) in [4.78, 5) is 19.4. The number of amides is 1. The van der Waals surface area contributed by atoms with E-state index in [4.69, 9.17) is 0 Å². The van der Waals surface area contributed by atoms with E-state index in [1.807, 2.05) is 55.8 Å². The van der Waals surface area contributed by atoms with Crippen LogP contribution in [0.15, 0.2) is 54.7 Å². The summed E-state index contributed by atoms with van der Waals surface area (Å²) < 4.78 is 44.9. The van der Waals surface area contributed by atoms with Crippen LogP contribution in [0.3, 0.4) is 0 Å². The molecular weight excluding hydrogens is 481 g/mol. The van der Waals surface area contributed by atoms with E-state index in [1.54, 1.807) is 19.2 Å². The molecule has 5 aromatic rings.